The van der Waals surface area contributed by atoms with Crippen molar-refractivity contribution < 1.29 is 12.4 Å². The summed E-state index contributed by atoms with van der Waals surface area (Å²) in [5.41, 5.74) is 11.4. The molecule has 4 atom stereocenters. The largest absolute Gasteiger partial charge is 1.00 e. The summed E-state index contributed by atoms with van der Waals surface area (Å²) in [7, 11) is -21.3. The molecule has 1 spiro atoms. The van der Waals surface area contributed by atoms with Crippen LogP contribution >= 0.6 is 7.87 Å². The number of nitrogens with zero attached hydrogens (tertiary/aromatic N) is 4. The SMILES string of the molecule is CC(C)(C)[Si](C)(C)c1cc(CN2[C@H](c3ccccc3)[C@@H](c3ccccc3)N(Cc3cc([Si](C)(C)C(C)(C)C)cc([Si](C)(C)C(C)(C)C)c3)[P+]23N(Cc2cc([Si](C)(C)C(C)(C)C)cc([Si](C)(C)C(C)(C)C)c2)[C@H](c2ccccc2)[C@@H](c2ccccc2)N3Cc2cc([Si](C)(C)C(C)(C)C)cc([Si](C)(C)C(C)(C)C)c2)cc([Si](C)(C)C(C)(C)C)c1.[Cl-]. The quantitative estimate of drug-likeness (QED) is 0.0557. The van der Waals surface area contributed by atoms with Crippen molar-refractivity contribution in [2.24, 2.45) is 0 Å². The Morgan fingerprint density at radius 1 is 0.203 bits per heavy atom. The van der Waals surface area contributed by atoms with E-state index in [0.29, 0.717) is 0 Å². The topological polar surface area (TPSA) is 13.0 Å². The summed E-state index contributed by atoms with van der Waals surface area (Å²) in [6, 6.07) is 81.9. The minimum atomic E-state index is -3.47. The Morgan fingerprint density at radius 3 is 0.432 bits per heavy atom. The summed E-state index contributed by atoms with van der Waals surface area (Å²) in [6.07, 6.45) is 0. The molecule has 0 N–H and O–H groups in total. The van der Waals surface area contributed by atoms with Gasteiger partial charge < -0.3 is 12.4 Å². The van der Waals surface area contributed by atoms with Crippen LogP contribution in [0.2, 0.25) is 145 Å². The molecule has 10 rings (SSSR count). The van der Waals surface area contributed by atoms with Crippen LogP contribution in [0.3, 0.4) is 0 Å². The molecule has 0 bridgehead atoms. The first kappa shape index (κ1) is 97.9. The van der Waals surface area contributed by atoms with Crippen molar-refractivity contribution in [3.05, 3.63) is 239 Å². The first-order valence-electron chi connectivity index (χ1n) is 44.9. The zero-order valence-corrected chi connectivity index (χ0v) is 91.9. The Bertz CT molecular complexity index is 4020. The second-order valence-electron chi connectivity index (χ2n) is 49.0. The maximum Gasteiger partial charge on any atom is 0.312 e. The lowest BCUT2D eigenvalue weighted by molar-refractivity contribution is -0.0000271. The lowest BCUT2D eigenvalue weighted by atomic mass is 9.92. The van der Waals surface area contributed by atoms with E-state index in [2.05, 4.69) is 484 Å². The predicted molar refractivity (Wildman–Crippen MR) is 546 cm³/mol. The molecule has 0 radical (unpaired) electrons. The van der Waals surface area contributed by atoms with Gasteiger partial charge in [-0.05, 0) is 84.8 Å². The molecule has 0 saturated carbocycles. The Morgan fingerprint density at radius 2 is 0.322 bits per heavy atom. The van der Waals surface area contributed by atoms with Crippen molar-refractivity contribution in [3.8, 4) is 0 Å². The Balaban J connectivity index is 0.0000159. The van der Waals surface area contributed by atoms with Crippen LogP contribution in [0.25, 0.3) is 0 Å². The second-order valence-corrected chi connectivity index (χ2v) is 94.8. The molecule has 0 aliphatic carbocycles. The highest BCUT2D eigenvalue weighted by Crippen LogP contribution is 2.88. The number of rotatable bonds is 20. The monoisotopic (exact) mass is 1760 g/mol. The van der Waals surface area contributed by atoms with E-state index in [1.165, 1.54) is 44.5 Å². The van der Waals surface area contributed by atoms with Crippen LogP contribution < -0.4 is 53.9 Å². The molecule has 2 heterocycles. The van der Waals surface area contributed by atoms with Gasteiger partial charge in [0.05, 0.1) is 115 Å². The maximum atomic E-state index is 3.35. The third-order valence-corrected chi connectivity index (χ3v) is 82.1. The van der Waals surface area contributed by atoms with Crippen molar-refractivity contribution in [2.75, 3.05) is 0 Å². The zero-order valence-electron chi connectivity index (χ0n) is 82.2. The van der Waals surface area contributed by atoms with Gasteiger partial charge in [-0.1, -0.05) is 507 Å². The van der Waals surface area contributed by atoms with Crippen molar-refractivity contribution in [3.63, 3.8) is 0 Å². The van der Waals surface area contributed by atoms with Crippen LogP contribution in [0.5, 0.6) is 0 Å². The van der Waals surface area contributed by atoms with E-state index in [0.717, 1.165) is 26.2 Å². The normalized spacial score (nSPS) is 18.8. The average molecular weight is 1760 g/mol. The fraction of sp³-hybridized carbons (Fsp3) is 0.538. The standard InChI is InChI=1S/C104H164N4PSi8.ClH/c1-97(2,3)110(25,26)85-61-77(62-86(69-85)111(27,28)98(4,5)6)73-105-93(81-53-45-41-46-54-81)94(82-55-47-42-48-56-82)106(74-78-63-87(112(29,30)99(7,8)9)70-88(64-78)113(31,32)100(10,11)12)109(105)107(75-79-65-89(114(33,34)101(13,14)15)71-90(66-79)115(35,36)102(16,17)18)95(83-57-49-43-50-58-83)96(84-59-51-44-52-60-84)108(109)76-80-67-91(116(37,38)103(19,20)21)72-92(68-80)117(39,40)104(22,23)24;/h41-72,93-96H,73-76H2,1-40H3;1H/q+1;/p-1/t93-,94-,95-,96-;/m1./s1. The van der Waals surface area contributed by atoms with Crippen LogP contribution in [0.4, 0.5) is 0 Å². The van der Waals surface area contributed by atoms with E-state index in [9.17, 15) is 0 Å². The summed E-state index contributed by atoms with van der Waals surface area (Å²) in [6.45, 7) is 107. The van der Waals surface area contributed by atoms with Gasteiger partial charge in [0.1, 0.15) is 0 Å². The van der Waals surface area contributed by atoms with Crippen molar-refractivity contribution in [2.45, 2.75) is 362 Å². The molecule has 2 saturated heterocycles. The van der Waals surface area contributed by atoms with Crippen molar-refractivity contribution in [1.82, 2.24) is 18.7 Å². The summed E-state index contributed by atoms with van der Waals surface area (Å²) < 4.78 is 13.4. The predicted octanol–water partition coefficient (Wildman–Crippen LogP) is 24.4. The first-order valence-corrected chi connectivity index (χ1v) is 70.5. The minimum absolute atomic E-state index is 0. The van der Waals surface area contributed by atoms with Gasteiger partial charge in [0.25, 0.3) is 0 Å². The maximum absolute atomic E-state index is 3.47. The molecule has 2 aliphatic rings. The van der Waals surface area contributed by atoms with E-state index < -0.39 is 72.5 Å². The molecule has 118 heavy (non-hydrogen) atoms. The Labute approximate surface area is 739 Å². The fourth-order valence-electron chi connectivity index (χ4n) is 17.2. The van der Waals surface area contributed by atoms with E-state index >= 15 is 0 Å². The Kier molecular flexibility index (Phi) is 27.7. The van der Waals surface area contributed by atoms with E-state index in [1.54, 1.807) is 41.5 Å². The molecule has 4 nitrogen and oxygen atoms in total. The van der Waals surface area contributed by atoms with Gasteiger partial charge >= 0.3 is 7.87 Å². The molecule has 0 unspecified atom stereocenters. The van der Waals surface area contributed by atoms with Crippen LogP contribution in [-0.2, 0) is 26.2 Å². The van der Waals surface area contributed by atoms with Crippen LogP contribution in [0.15, 0.2) is 194 Å². The third-order valence-electron chi connectivity index (χ3n) is 33.9. The van der Waals surface area contributed by atoms with Crippen LogP contribution in [-0.4, -0.2) is 83.3 Å². The lowest BCUT2D eigenvalue weighted by Gasteiger charge is -2.45. The molecule has 2 fully saturated rings. The molecule has 8 aromatic carbocycles. The van der Waals surface area contributed by atoms with Crippen LogP contribution in [0.1, 0.15) is 235 Å². The summed E-state index contributed by atoms with van der Waals surface area (Å²) in [5, 5.41) is 13.5. The third kappa shape index (κ3) is 18.1. The molecule has 2 aliphatic heterocycles. The van der Waals surface area contributed by atoms with Gasteiger partial charge in [-0.2, -0.15) is 0 Å². The molecular formula is C104H164ClN4PSi8. The number of halogens is 1. The van der Waals surface area contributed by atoms with Gasteiger partial charge in [-0.3, -0.25) is 0 Å². The smallest absolute Gasteiger partial charge is 0.312 e. The first-order chi connectivity index (χ1) is 53.1. The lowest BCUT2D eigenvalue weighted by Crippen LogP contribution is -3.00. The summed E-state index contributed by atoms with van der Waals surface area (Å²) in [4.78, 5) is 0. The number of benzene rings is 8. The van der Waals surface area contributed by atoms with Gasteiger partial charge in [0.15, 0.2) is 0 Å². The number of hydrogen-bond acceptors (Lipinski definition) is 4. The zero-order chi connectivity index (χ0) is 87.8. The summed E-state index contributed by atoms with van der Waals surface area (Å²) >= 11 is 0. The van der Waals surface area contributed by atoms with Gasteiger partial charge in [0, 0.05) is 0 Å². The Hall–Kier alpha value is -3.94. The highest BCUT2D eigenvalue weighted by atomic mass is 35.5. The molecular weight excluding hydrogens is 1600 g/mol. The molecule has 0 aromatic heterocycles. The minimum Gasteiger partial charge on any atom is -1.00 e. The molecule has 14 heteroatoms. The van der Waals surface area contributed by atoms with E-state index in [1.807, 2.05) is 0 Å². The van der Waals surface area contributed by atoms with Crippen molar-refractivity contribution >= 4 is 114 Å². The van der Waals surface area contributed by atoms with Gasteiger partial charge in [0.2, 0.25) is 0 Å². The fourth-order valence-corrected chi connectivity index (χ4v) is 38.8. The number of hydrogen-bond donors (Lipinski definition) is 0. The molecule has 8 aromatic rings. The van der Waals surface area contributed by atoms with Gasteiger partial charge in [-0.15, -0.1) is 18.7 Å². The van der Waals surface area contributed by atoms with E-state index in [-0.39, 0.29) is 76.9 Å². The highest BCUT2D eigenvalue weighted by Gasteiger charge is 2.79. The second kappa shape index (κ2) is 33.4. The van der Waals surface area contributed by atoms with E-state index in [4.69, 9.17) is 0 Å². The van der Waals surface area contributed by atoms with Crippen molar-refractivity contribution in [1.29, 1.82) is 0 Å². The molecule has 644 valence electrons. The molecule has 0 amide bonds. The average Bonchev–Trinajstić information content (AvgIpc) is 1.50. The van der Waals surface area contributed by atoms with Gasteiger partial charge in [-0.25, -0.2) is 0 Å². The van der Waals surface area contributed by atoms with Crippen LogP contribution in [0, 0.1) is 0 Å². The highest BCUT2D eigenvalue weighted by molar-refractivity contribution is 7.67. The summed E-state index contributed by atoms with van der Waals surface area (Å²) in [5.74, 6) is 0.